The molecule has 2 rings (SSSR count). The van der Waals surface area contributed by atoms with Gasteiger partial charge in [0, 0.05) is 12.2 Å². The van der Waals surface area contributed by atoms with E-state index in [0.29, 0.717) is 19.2 Å². The summed E-state index contributed by atoms with van der Waals surface area (Å²) in [6, 6.07) is 14.0. The molecule has 2 aromatic rings. The van der Waals surface area contributed by atoms with E-state index in [2.05, 4.69) is 5.32 Å². The van der Waals surface area contributed by atoms with Gasteiger partial charge in [-0.25, -0.2) is 0 Å². The zero-order valence-corrected chi connectivity index (χ0v) is 13.9. The summed E-state index contributed by atoms with van der Waals surface area (Å²) in [4.78, 5) is 11.7. The van der Waals surface area contributed by atoms with Gasteiger partial charge in [-0.1, -0.05) is 41.9 Å². The van der Waals surface area contributed by atoms with Crippen LogP contribution in [0.1, 0.15) is 12.5 Å². The minimum atomic E-state index is -5.10. The number of carbonyl (C=O) groups is 1. The lowest BCUT2D eigenvalue weighted by Gasteiger charge is -2.25. The molecule has 1 unspecified atom stereocenters. The second-order valence-electron chi connectivity index (χ2n) is 5.56. The Morgan fingerprint density at radius 1 is 1.16 bits per heavy atom. The number of amides is 1. The number of carbonyl (C=O) groups excluding carboxylic acids is 1. The molecule has 0 bridgehead atoms. The fourth-order valence-electron chi connectivity index (χ4n) is 1.90. The van der Waals surface area contributed by atoms with E-state index in [-0.39, 0.29) is 10.7 Å². The lowest BCUT2D eigenvalue weighted by Crippen LogP contribution is -2.52. The lowest BCUT2D eigenvalue weighted by molar-refractivity contribution is -0.242. The summed E-state index contributed by atoms with van der Waals surface area (Å²) >= 11 is 6.00. The highest BCUT2D eigenvalue weighted by atomic mass is 35.5. The van der Waals surface area contributed by atoms with Gasteiger partial charge in [-0.2, -0.15) is 13.2 Å². The SMILES string of the molecule is CC(O)(C(=O)Nc1ccc(NCc2ccccc2)cc1Cl)C(F)(F)F. The van der Waals surface area contributed by atoms with Crippen molar-refractivity contribution < 1.29 is 23.1 Å². The molecule has 0 aliphatic rings. The van der Waals surface area contributed by atoms with E-state index < -0.39 is 17.7 Å². The first-order chi connectivity index (χ1) is 11.6. The Kier molecular flexibility index (Phi) is 5.59. The van der Waals surface area contributed by atoms with Crippen molar-refractivity contribution in [2.45, 2.75) is 25.2 Å². The van der Waals surface area contributed by atoms with Gasteiger partial charge in [0.2, 0.25) is 5.60 Å². The summed E-state index contributed by atoms with van der Waals surface area (Å²) in [7, 11) is 0. The normalized spacial score (nSPS) is 13.8. The number of nitrogens with one attached hydrogen (secondary N) is 2. The van der Waals surface area contributed by atoms with Crippen LogP contribution in [-0.2, 0) is 11.3 Å². The van der Waals surface area contributed by atoms with Crippen LogP contribution in [-0.4, -0.2) is 22.8 Å². The fraction of sp³-hybridized carbons (Fsp3) is 0.235. The van der Waals surface area contributed by atoms with Crippen molar-refractivity contribution >= 4 is 28.9 Å². The molecule has 0 saturated heterocycles. The number of anilines is 2. The zero-order chi connectivity index (χ0) is 18.7. The first-order valence-corrected chi connectivity index (χ1v) is 7.67. The molecule has 134 valence electrons. The minimum Gasteiger partial charge on any atom is -0.381 e. The first kappa shape index (κ1) is 19.1. The summed E-state index contributed by atoms with van der Waals surface area (Å²) in [6.07, 6.45) is -5.10. The number of benzene rings is 2. The van der Waals surface area contributed by atoms with Crippen molar-refractivity contribution in [3.8, 4) is 0 Å². The third-order valence-electron chi connectivity index (χ3n) is 3.55. The Morgan fingerprint density at radius 2 is 1.80 bits per heavy atom. The van der Waals surface area contributed by atoms with E-state index in [1.165, 1.54) is 12.1 Å². The van der Waals surface area contributed by atoms with Crippen LogP contribution in [0.2, 0.25) is 5.02 Å². The molecule has 2 aromatic carbocycles. The summed E-state index contributed by atoms with van der Waals surface area (Å²) in [5.41, 5.74) is -1.87. The predicted molar refractivity (Wildman–Crippen MR) is 90.5 cm³/mol. The van der Waals surface area contributed by atoms with Crippen LogP contribution < -0.4 is 10.6 Å². The van der Waals surface area contributed by atoms with E-state index in [4.69, 9.17) is 11.6 Å². The van der Waals surface area contributed by atoms with Crippen molar-refractivity contribution in [1.82, 2.24) is 0 Å². The number of hydrogen-bond donors (Lipinski definition) is 3. The number of alkyl halides is 3. The maximum absolute atomic E-state index is 12.7. The van der Waals surface area contributed by atoms with Crippen molar-refractivity contribution in [3.63, 3.8) is 0 Å². The van der Waals surface area contributed by atoms with Gasteiger partial charge in [-0.05, 0) is 30.7 Å². The van der Waals surface area contributed by atoms with Crippen molar-refractivity contribution in [1.29, 1.82) is 0 Å². The molecule has 8 heteroatoms. The van der Waals surface area contributed by atoms with Gasteiger partial charge < -0.3 is 15.7 Å². The molecule has 0 heterocycles. The molecule has 0 saturated carbocycles. The Hall–Kier alpha value is -2.25. The van der Waals surface area contributed by atoms with Crippen molar-refractivity contribution in [2.75, 3.05) is 10.6 Å². The van der Waals surface area contributed by atoms with Gasteiger partial charge >= 0.3 is 6.18 Å². The highest BCUT2D eigenvalue weighted by Gasteiger charge is 2.55. The van der Waals surface area contributed by atoms with Crippen molar-refractivity contribution in [2.24, 2.45) is 0 Å². The second-order valence-corrected chi connectivity index (χ2v) is 5.97. The first-order valence-electron chi connectivity index (χ1n) is 7.29. The summed E-state index contributed by atoms with van der Waals surface area (Å²) < 4.78 is 38.0. The molecule has 0 fully saturated rings. The maximum Gasteiger partial charge on any atom is 0.426 e. The number of halogens is 4. The Bertz CT molecular complexity index is 749. The maximum atomic E-state index is 12.7. The van der Waals surface area contributed by atoms with Gasteiger partial charge in [0.05, 0.1) is 10.7 Å². The average molecular weight is 373 g/mol. The van der Waals surface area contributed by atoms with E-state index in [1.54, 1.807) is 6.07 Å². The second kappa shape index (κ2) is 7.33. The standard InChI is InChI=1S/C17H16ClF3N2O2/c1-16(25,17(19,20)21)15(24)23-14-8-7-12(9-13(14)18)22-10-11-5-3-2-4-6-11/h2-9,22,25H,10H2,1H3,(H,23,24). The third kappa shape index (κ3) is 4.64. The molecule has 4 nitrogen and oxygen atoms in total. The van der Waals surface area contributed by atoms with Crippen LogP contribution in [0.15, 0.2) is 48.5 Å². The predicted octanol–water partition coefficient (Wildman–Crippen LogP) is 4.20. The van der Waals surface area contributed by atoms with Crippen LogP contribution >= 0.6 is 11.6 Å². The molecule has 1 atom stereocenters. The molecule has 0 aliphatic carbocycles. The molecule has 0 spiro atoms. The van der Waals surface area contributed by atoms with Crippen LogP contribution in [0.5, 0.6) is 0 Å². The molecular formula is C17H16ClF3N2O2. The van der Waals surface area contributed by atoms with Gasteiger partial charge in [-0.15, -0.1) is 0 Å². The molecule has 0 radical (unpaired) electrons. The molecule has 1 amide bonds. The average Bonchev–Trinajstić information content (AvgIpc) is 2.55. The molecule has 25 heavy (non-hydrogen) atoms. The number of hydrogen-bond acceptors (Lipinski definition) is 3. The minimum absolute atomic E-state index is 0.0264. The number of aliphatic hydroxyl groups is 1. The van der Waals surface area contributed by atoms with Gasteiger partial charge in [0.25, 0.3) is 5.91 Å². The molecule has 0 aromatic heterocycles. The fourth-order valence-corrected chi connectivity index (χ4v) is 2.13. The van der Waals surface area contributed by atoms with Gasteiger partial charge in [0.1, 0.15) is 0 Å². The topological polar surface area (TPSA) is 61.4 Å². The molecular weight excluding hydrogens is 357 g/mol. The van der Waals surface area contributed by atoms with Crippen LogP contribution in [0, 0.1) is 0 Å². The highest BCUT2D eigenvalue weighted by molar-refractivity contribution is 6.34. The van der Waals surface area contributed by atoms with E-state index in [0.717, 1.165) is 5.56 Å². The Morgan fingerprint density at radius 3 is 2.36 bits per heavy atom. The number of rotatable bonds is 5. The van der Waals surface area contributed by atoms with E-state index in [1.807, 2.05) is 35.6 Å². The van der Waals surface area contributed by atoms with Crippen LogP contribution in [0.25, 0.3) is 0 Å². The van der Waals surface area contributed by atoms with Gasteiger partial charge in [-0.3, -0.25) is 4.79 Å². The van der Waals surface area contributed by atoms with Crippen LogP contribution in [0.3, 0.4) is 0 Å². The third-order valence-corrected chi connectivity index (χ3v) is 3.86. The molecule has 3 N–H and O–H groups in total. The quantitative estimate of drug-likeness (QED) is 0.737. The zero-order valence-electron chi connectivity index (χ0n) is 13.2. The molecule has 0 aliphatic heterocycles. The Labute approximate surface area is 147 Å². The van der Waals surface area contributed by atoms with E-state index >= 15 is 0 Å². The summed E-state index contributed by atoms with van der Waals surface area (Å²) in [5.74, 6) is -1.60. The van der Waals surface area contributed by atoms with Gasteiger partial charge in [0.15, 0.2) is 0 Å². The van der Waals surface area contributed by atoms with Crippen molar-refractivity contribution in [3.05, 3.63) is 59.1 Å². The lowest BCUT2D eigenvalue weighted by atomic mass is 10.1. The Balaban J connectivity index is 2.05. The summed E-state index contributed by atoms with van der Waals surface area (Å²) in [5, 5.41) is 14.5. The van der Waals surface area contributed by atoms with E-state index in [9.17, 15) is 23.1 Å². The van der Waals surface area contributed by atoms with Crippen LogP contribution in [0.4, 0.5) is 24.5 Å². The smallest absolute Gasteiger partial charge is 0.381 e. The largest absolute Gasteiger partial charge is 0.426 e. The highest BCUT2D eigenvalue weighted by Crippen LogP contribution is 2.32. The monoisotopic (exact) mass is 372 g/mol. The summed E-state index contributed by atoms with van der Waals surface area (Å²) in [6.45, 7) is 0.914.